The maximum atomic E-state index is 6.41. The molecule has 0 saturated carbocycles. The second kappa shape index (κ2) is 13.8. The van der Waals surface area contributed by atoms with Crippen molar-refractivity contribution in [3.8, 4) is 78.7 Å². The Morgan fingerprint density at radius 2 is 0.582 bits per heavy atom. The van der Waals surface area contributed by atoms with E-state index < -0.39 is 0 Å². The van der Waals surface area contributed by atoms with Crippen LogP contribution in [-0.2, 0) is 0 Å². The molecule has 0 aliphatic carbocycles. The average Bonchev–Trinajstić information content (AvgIpc) is 3.65. The third-order valence-corrected chi connectivity index (χ3v) is 10.2. The average molecular weight is 704 g/mol. The van der Waals surface area contributed by atoms with E-state index in [1.54, 1.807) is 0 Å². The van der Waals surface area contributed by atoms with E-state index in [0.717, 1.165) is 66.4 Å². The zero-order chi connectivity index (χ0) is 36.6. The highest BCUT2D eigenvalue weighted by Crippen LogP contribution is 2.36. The van der Waals surface area contributed by atoms with Crippen molar-refractivity contribution in [1.29, 1.82) is 0 Å². The molecular weight excluding hydrogens is 671 g/mol. The fourth-order valence-electron chi connectivity index (χ4n) is 7.23. The predicted molar refractivity (Wildman–Crippen MR) is 225 cm³/mol. The van der Waals surface area contributed by atoms with Gasteiger partial charge in [-0.1, -0.05) is 176 Å². The van der Waals surface area contributed by atoms with Crippen LogP contribution in [0.2, 0.25) is 0 Å². The molecule has 2 heterocycles. The minimum atomic E-state index is 0.583. The van der Waals surface area contributed by atoms with E-state index in [2.05, 4.69) is 176 Å². The minimum absolute atomic E-state index is 0.583. The summed E-state index contributed by atoms with van der Waals surface area (Å²) in [5.74, 6) is 1.80. The fourth-order valence-corrected chi connectivity index (χ4v) is 7.23. The monoisotopic (exact) mass is 703 g/mol. The molecule has 55 heavy (non-hydrogen) atoms. The van der Waals surface area contributed by atoms with Gasteiger partial charge in [0.2, 0.25) is 0 Å². The van der Waals surface area contributed by atoms with Crippen LogP contribution in [0.3, 0.4) is 0 Å². The highest BCUT2D eigenvalue weighted by Gasteiger charge is 2.16. The van der Waals surface area contributed by atoms with Gasteiger partial charge in [0.25, 0.3) is 0 Å². The first kappa shape index (κ1) is 32.2. The van der Waals surface area contributed by atoms with Crippen molar-refractivity contribution < 1.29 is 4.42 Å². The lowest BCUT2D eigenvalue weighted by Crippen LogP contribution is -2.00. The van der Waals surface area contributed by atoms with Crippen LogP contribution < -0.4 is 0 Å². The largest absolute Gasteiger partial charge is 0.456 e. The highest BCUT2D eigenvalue weighted by atomic mass is 16.3. The van der Waals surface area contributed by atoms with Crippen LogP contribution in [0, 0.1) is 0 Å². The SMILES string of the molecule is c1ccc(-c2ccc(-c3ccc(-c4nc(-c5ccc(-c6ccccc6)cc5)nc(-c5ccc6c(c5)oc5ccc(-c7ccccc7)cc56)n4)cc3)cc2)cc1. The number of nitrogens with zero attached hydrogens (tertiary/aromatic N) is 3. The molecule has 2 aromatic heterocycles. The second-order valence-corrected chi connectivity index (χ2v) is 13.7. The van der Waals surface area contributed by atoms with Crippen molar-refractivity contribution in [2.45, 2.75) is 0 Å². The summed E-state index contributed by atoms with van der Waals surface area (Å²) in [5.41, 5.74) is 13.6. The summed E-state index contributed by atoms with van der Waals surface area (Å²) in [4.78, 5) is 15.2. The summed E-state index contributed by atoms with van der Waals surface area (Å²) in [5, 5.41) is 2.13. The molecule has 8 aromatic carbocycles. The number of hydrogen-bond donors (Lipinski definition) is 0. The number of fused-ring (bicyclic) bond motifs is 3. The molecule has 10 aromatic rings. The maximum Gasteiger partial charge on any atom is 0.164 e. The van der Waals surface area contributed by atoms with Crippen molar-refractivity contribution in [2.75, 3.05) is 0 Å². The van der Waals surface area contributed by atoms with Gasteiger partial charge in [-0.3, -0.25) is 0 Å². The van der Waals surface area contributed by atoms with Gasteiger partial charge in [0.05, 0.1) is 0 Å². The van der Waals surface area contributed by atoms with Crippen LogP contribution in [0.15, 0.2) is 205 Å². The van der Waals surface area contributed by atoms with Crippen LogP contribution in [0.4, 0.5) is 0 Å². The van der Waals surface area contributed by atoms with Crippen LogP contribution >= 0.6 is 0 Å². The Balaban J connectivity index is 1.03. The predicted octanol–water partition coefficient (Wildman–Crippen LogP) is 13.4. The first-order valence-electron chi connectivity index (χ1n) is 18.4. The zero-order valence-electron chi connectivity index (χ0n) is 29.8. The molecule has 0 aliphatic heterocycles. The molecule has 4 nitrogen and oxygen atoms in total. The number of hydrogen-bond acceptors (Lipinski definition) is 4. The van der Waals surface area contributed by atoms with Gasteiger partial charge in [-0.2, -0.15) is 0 Å². The lowest BCUT2D eigenvalue weighted by Gasteiger charge is -2.10. The molecular formula is C51H33N3O. The van der Waals surface area contributed by atoms with Gasteiger partial charge in [-0.25, -0.2) is 15.0 Å². The summed E-state index contributed by atoms with van der Waals surface area (Å²) >= 11 is 0. The van der Waals surface area contributed by atoms with E-state index in [-0.39, 0.29) is 0 Å². The second-order valence-electron chi connectivity index (χ2n) is 13.7. The Labute approximate surface area is 319 Å². The number of furan rings is 1. The van der Waals surface area contributed by atoms with Gasteiger partial charge >= 0.3 is 0 Å². The third-order valence-electron chi connectivity index (χ3n) is 10.2. The molecule has 0 amide bonds. The summed E-state index contributed by atoms with van der Waals surface area (Å²) < 4.78 is 6.41. The van der Waals surface area contributed by atoms with E-state index in [9.17, 15) is 0 Å². The van der Waals surface area contributed by atoms with Gasteiger partial charge in [0.1, 0.15) is 11.2 Å². The van der Waals surface area contributed by atoms with Crippen LogP contribution in [-0.4, -0.2) is 15.0 Å². The Kier molecular flexibility index (Phi) is 8.12. The van der Waals surface area contributed by atoms with Gasteiger partial charge in [0.15, 0.2) is 17.5 Å². The van der Waals surface area contributed by atoms with Gasteiger partial charge in [-0.15, -0.1) is 0 Å². The van der Waals surface area contributed by atoms with Crippen LogP contribution in [0.5, 0.6) is 0 Å². The molecule has 0 bridgehead atoms. The highest BCUT2D eigenvalue weighted by molar-refractivity contribution is 6.07. The molecule has 0 N–H and O–H groups in total. The topological polar surface area (TPSA) is 51.8 Å². The normalized spacial score (nSPS) is 11.3. The Morgan fingerprint density at radius 1 is 0.236 bits per heavy atom. The first-order chi connectivity index (χ1) is 27.2. The van der Waals surface area contributed by atoms with Gasteiger partial charge in [0, 0.05) is 27.5 Å². The van der Waals surface area contributed by atoms with E-state index >= 15 is 0 Å². The lowest BCUT2D eigenvalue weighted by atomic mass is 9.99. The van der Waals surface area contributed by atoms with E-state index in [4.69, 9.17) is 19.4 Å². The van der Waals surface area contributed by atoms with E-state index in [0.29, 0.717) is 17.5 Å². The maximum absolute atomic E-state index is 6.41. The Bertz CT molecular complexity index is 2920. The van der Waals surface area contributed by atoms with Crippen molar-refractivity contribution in [3.63, 3.8) is 0 Å². The molecule has 10 rings (SSSR count). The van der Waals surface area contributed by atoms with Crippen LogP contribution in [0.1, 0.15) is 0 Å². The molecule has 0 unspecified atom stereocenters. The Morgan fingerprint density at radius 3 is 1.04 bits per heavy atom. The smallest absolute Gasteiger partial charge is 0.164 e. The van der Waals surface area contributed by atoms with Gasteiger partial charge in [-0.05, 0) is 68.8 Å². The summed E-state index contributed by atoms with van der Waals surface area (Å²) in [6.07, 6.45) is 0. The fraction of sp³-hybridized carbons (Fsp3) is 0. The molecule has 4 heteroatoms. The summed E-state index contributed by atoms with van der Waals surface area (Å²) in [7, 11) is 0. The van der Waals surface area contributed by atoms with Crippen molar-refractivity contribution in [3.05, 3.63) is 200 Å². The number of benzene rings is 8. The Hall–Kier alpha value is -7.43. The van der Waals surface area contributed by atoms with E-state index in [1.165, 1.54) is 16.7 Å². The summed E-state index contributed by atoms with van der Waals surface area (Å²) in [6.45, 7) is 0. The molecule has 0 fully saturated rings. The number of aromatic nitrogens is 3. The molecule has 0 atom stereocenters. The standard InChI is InChI=1S/C51H33N3O/c1-4-10-34(11-5-1)37-16-18-39(19-17-37)40-22-26-42(27-23-40)50-52-49(41-24-20-38(21-25-41)35-12-6-2-7-13-35)53-51(54-50)44-28-30-45-46-32-43(36-14-8-3-9-15-36)29-31-47(46)55-48(45)33-44/h1-33H. The molecule has 0 radical (unpaired) electrons. The number of rotatable bonds is 7. The van der Waals surface area contributed by atoms with E-state index in [1.807, 2.05) is 24.3 Å². The molecule has 0 aliphatic rings. The molecule has 0 spiro atoms. The minimum Gasteiger partial charge on any atom is -0.456 e. The van der Waals surface area contributed by atoms with Gasteiger partial charge < -0.3 is 4.42 Å². The molecule has 0 saturated heterocycles. The quantitative estimate of drug-likeness (QED) is 0.166. The van der Waals surface area contributed by atoms with Crippen molar-refractivity contribution >= 4 is 21.9 Å². The first-order valence-corrected chi connectivity index (χ1v) is 18.4. The van der Waals surface area contributed by atoms with Crippen molar-refractivity contribution in [1.82, 2.24) is 15.0 Å². The van der Waals surface area contributed by atoms with Crippen molar-refractivity contribution in [2.24, 2.45) is 0 Å². The third kappa shape index (κ3) is 6.36. The van der Waals surface area contributed by atoms with Crippen LogP contribution in [0.25, 0.3) is 101 Å². The summed E-state index contributed by atoms with van der Waals surface area (Å²) in [6, 6.07) is 69.4. The zero-order valence-corrected chi connectivity index (χ0v) is 29.8. The lowest BCUT2D eigenvalue weighted by molar-refractivity contribution is 0.669. The molecule has 258 valence electrons.